The number of nitrogens with one attached hydrogen (secondary N) is 5. The van der Waals surface area contributed by atoms with Gasteiger partial charge in [-0.15, -0.1) is 0 Å². The van der Waals surface area contributed by atoms with E-state index in [1.807, 2.05) is 0 Å². The van der Waals surface area contributed by atoms with Gasteiger partial charge in [-0.2, -0.15) is 0 Å². The minimum Gasteiger partial charge on any atom is -0.480 e. The van der Waals surface area contributed by atoms with E-state index < -0.39 is 66.3 Å². The van der Waals surface area contributed by atoms with Crippen LogP contribution in [0.3, 0.4) is 0 Å². The molecular formula is C20H29N9O7. The summed E-state index contributed by atoms with van der Waals surface area (Å²) in [6.45, 7) is 1.19. The molecule has 36 heavy (non-hydrogen) atoms. The summed E-state index contributed by atoms with van der Waals surface area (Å²) in [6, 6.07) is -5.65. The van der Waals surface area contributed by atoms with Gasteiger partial charge >= 0.3 is 5.97 Å². The molecule has 16 heteroatoms. The van der Waals surface area contributed by atoms with Crippen molar-refractivity contribution in [2.75, 3.05) is 0 Å². The summed E-state index contributed by atoms with van der Waals surface area (Å²) < 4.78 is 0. The number of carbonyl (C=O) groups excluding carboxylic acids is 4. The lowest BCUT2D eigenvalue weighted by Gasteiger charge is -2.26. The Morgan fingerprint density at radius 2 is 1.47 bits per heavy atom. The second kappa shape index (κ2) is 13.0. The number of nitrogens with zero attached hydrogens (tertiary/aromatic N) is 2. The fraction of sp³-hybridized carbons (Fsp3) is 0.450. The summed E-state index contributed by atoms with van der Waals surface area (Å²) in [5.74, 6) is -5.10. The number of aliphatic hydroxyl groups excluding tert-OH is 1. The first kappa shape index (κ1) is 27.9. The Bertz CT molecular complexity index is 1040. The number of primary amides is 1. The molecule has 2 aromatic heterocycles. The number of aromatic nitrogens is 4. The number of amides is 4. The van der Waals surface area contributed by atoms with Gasteiger partial charge in [0.15, 0.2) is 0 Å². The van der Waals surface area contributed by atoms with Crippen molar-refractivity contribution in [1.29, 1.82) is 0 Å². The highest BCUT2D eigenvalue weighted by Crippen LogP contribution is 2.04. The number of aliphatic carboxylic acids is 1. The van der Waals surface area contributed by atoms with Crippen molar-refractivity contribution in [3.63, 3.8) is 0 Å². The number of carboxylic acid groups (broad SMARTS) is 1. The van der Waals surface area contributed by atoms with Crippen molar-refractivity contribution in [3.8, 4) is 0 Å². The topological polar surface area (TPSA) is 271 Å². The number of carbonyl (C=O) groups is 5. The Kier molecular flexibility index (Phi) is 10.1. The summed E-state index contributed by atoms with van der Waals surface area (Å²) in [5, 5.41) is 26.3. The van der Waals surface area contributed by atoms with Crippen LogP contribution in [0, 0.1) is 0 Å². The lowest BCUT2D eigenvalue weighted by atomic mass is 10.1. The van der Waals surface area contributed by atoms with E-state index in [-0.39, 0.29) is 12.8 Å². The molecule has 11 N–H and O–H groups in total. The number of imidazole rings is 2. The highest BCUT2D eigenvalue weighted by Gasteiger charge is 2.33. The largest absolute Gasteiger partial charge is 0.480 e. The van der Waals surface area contributed by atoms with Gasteiger partial charge in [0, 0.05) is 36.6 Å². The molecule has 2 heterocycles. The fourth-order valence-corrected chi connectivity index (χ4v) is 3.15. The van der Waals surface area contributed by atoms with E-state index in [9.17, 15) is 34.2 Å². The van der Waals surface area contributed by atoms with Crippen molar-refractivity contribution in [2.24, 2.45) is 11.5 Å². The molecule has 0 bridgehead atoms. The third-order valence-electron chi connectivity index (χ3n) is 5.03. The molecule has 2 rings (SSSR count). The molecule has 0 aromatic carbocycles. The zero-order chi connectivity index (χ0) is 26.8. The van der Waals surface area contributed by atoms with Crippen molar-refractivity contribution in [2.45, 2.75) is 56.5 Å². The molecule has 0 aliphatic heterocycles. The summed E-state index contributed by atoms with van der Waals surface area (Å²) >= 11 is 0. The molecule has 5 atom stereocenters. The van der Waals surface area contributed by atoms with E-state index in [1.165, 1.54) is 32.0 Å². The van der Waals surface area contributed by atoms with Crippen LogP contribution in [0.15, 0.2) is 25.0 Å². The van der Waals surface area contributed by atoms with Crippen molar-refractivity contribution in [3.05, 3.63) is 36.4 Å². The predicted octanol–water partition coefficient (Wildman–Crippen LogP) is -3.96. The first-order chi connectivity index (χ1) is 17.0. The van der Waals surface area contributed by atoms with Gasteiger partial charge in [0.05, 0.1) is 31.2 Å². The van der Waals surface area contributed by atoms with Gasteiger partial charge in [0.25, 0.3) is 0 Å². The van der Waals surface area contributed by atoms with Gasteiger partial charge in [0.2, 0.25) is 23.6 Å². The molecular weight excluding hydrogens is 478 g/mol. The smallest absolute Gasteiger partial charge is 0.326 e. The normalized spacial score (nSPS) is 15.1. The first-order valence-electron chi connectivity index (χ1n) is 10.8. The highest BCUT2D eigenvalue weighted by molar-refractivity contribution is 5.96. The van der Waals surface area contributed by atoms with Crippen LogP contribution in [0.25, 0.3) is 0 Å². The lowest BCUT2D eigenvalue weighted by Crippen LogP contribution is -2.60. The molecule has 0 saturated carbocycles. The van der Waals surface area contributed by atoms with Gasteiger partial charge < -0.3 is 47.6 Å². The van der Waals surface area contributed by atoms with Gasteiger partial charge in [-0.25, -0.2) is 14.8 Å². The zero-order valence-corrected chi connectivity index (χ0v) is 19.3. The molecule has 2 aromatic rings. The molecule has 0 spiro atoms. The Balaban J connectivity index is 2.08. The molecule has 0 saturated heterocycles. The van der Waals surface area contributed by atoms with Crippen LogP contribution >= 0.6 is 0 Å². The quantitative estimate of drug-likeness (QED) is 0.120. The fourth-order valence-electron chi connectivity index (χ4n) is 3.15. The third kappa shape index (κ3) is 8.48. The van der Waals surface area contributed by atoms with Gasteiger partial charge in [-0.1, -0.05) is 0 Å². The Labute approximate surface area is 204 Å². The van der Waals surface area contributed by atoms with E-state index >= 15 is 0 Å². The number of aliphatic hydroxyl groups is 1. The highest BCUT2D eigenvalue weighted by atomic mass is 16.4. The van der Waals surface area contributed by atoms with Gasteiger partial charge in [-0.05, 0) is 6.92 Å². The second-order valence-electron chi connectivity index (χ2n) is 8.03. The molecule has 196 valence electrons. The zero-order valence-electron chi connectivity index (χ0n) is 19.3. The van der Waals surface area contributed by atoms with E-state index in [0.29, 0.717) is 11.4 Å². The second-order valence-corrected chi connectivity index (χ2v) is 8.03. The number of carboxylic acids is 1. The average molecular weight is 508 g/mol. The first-order valence-corrected chi connectivity index (χ1v) is 10.8. The number of aromatic amines is 2. The molecule has 0 aliphatic rings. The van der Waals surface area contributed by atoms with Gasteiger partial charge in [-0.3, -0.25) is 19.2 Å². The van der Waals surface area contributed by atoms with E-state index in [0.717, 1.165) is 0 Å². The third-order valence-corrected chi connectivity index (χ3v) is 5.03. The number of rotatable bonds is 14. The maximum Gasteiger partial charge on any atom is 0.326 e. The van der Waals surface area contributed by atoms with Gasteiger partial charge in [0.1, 0.15) is 18.1 Å². The van der Waals surface area contributed by atoms with Crippen LogP contribution in [-0.2, 0) is 36.8 Å². The number of H-pyrrole nitrogens is 2. The maximum absolute atomic E-state index is 12.8. The number of nitrogens with two attached hydrogens (primary N) is 2. The minimum absolute atomic E-state index is 0.0579. The van der Waals surface area contributed by atoms with Crippen LogP contribution in [0.2, 0.25) is 0 Å². The summed E-state index contributed by atoms with van der Waals surface area (Å²) in [5.41, 5.74) is 12.0. The van der Waals surface area contributed by atoms with E-state index in [2.05, 4.69) is 35.9 Å². The van der Waals surface area contributed by atoms with E-state index in [1.54, 1.807) is 0 Å². The molecule has 0 aliphatic carbocycles. The number of hydrogen-bond donors (Lipinski definition) is 9. The maximum atomic E-state index is 12.8. The summed E-state index contributed by atoms with van der Waals surface area (Å²) in [4.78, 5) is 74.2. The van der Waals surface area contributed by atoms with Crippen LogP contribution in [0.5, 0.6) is 0 Å². The molecule has 4 amide bonds. The van der Waals surface area contributed by atoms with Crippen molar-refractivity contribution >= 4 is 29.6 Å². The summed E-state index contributed by atoms with van der Waals surface area (Å²) in [7, 11) is 0. The molecule has 0 fully saturated rings. The van der Waals surface area contributed by atoms with Crippen molar-refractivity contribution in [1.82, 2.24) is 35.9 Å². The number of hydrogen-bond acceptors (Lipinski definition) is 9. The van der Waals surface area contributed by atoms with Crippen LogP contribution in [0.4, 0.5) is 0 Å². The molecule has 16 nitrogen and oxygen atoms in total. The Morgan fingerprint density at radius 1 is 0.917 bits per heavy atom. The lowest BCUT2D eigenvalue weighted by molar-refractivity contribution is -0.143. The predicted molar refractivity (Wildman–Crippen MR) is 121 cm³/mol. The van der Waals surface area contributed by atoms with Crippen LogP contribution in [-0.4, -0.2) is 90.0 Å². The van der Waals surface area contributed by atoms with Crippen LogP contribution < -0.4 is 27.4 Å². The summed E-state index contributed by atoms with van der Waals surface area (Å²) in [6.07, 6.45) is 3.40. The monoisotopic (exact) mass is 507 g/mol. The standard InChI is InChI=1S/C20H29N9O7/c1-9(30)16(19(34)28-14(20(35)36)3-11-6-24-8-26-11)29-18(33)13(4-15(22)31)27-17(32)12(21)2-10-5-23-7-25-10/h5-9,12-14,16,30H,2-4,21H2,1H3,(H2,22,31)(H,23,25)(H,24,26)(H,27,32)(H,28,34)(H,29,33)(H,35,36). The minimum atomic E-state index is -1.62. The Morgan fingerprint density at radius 3 is 1.94 bits per heavy atom. The SMILES string of the molecule is CC(O)C(NC(=O)C(CC(N)=O)NC(=O)C(N)Cc1cnc[nH]1)C(=O)NC(Cc1cnc[nH]1)C(=O)O. The van der Waals surface area contributed by atoms with E-state index in [4.69, 9.17) is 11.5 Å². The van der Waals surface area contributed by atoms with Crippen molar-refractivity contribution < 1.29 is 34.2 Å². The Hall–Kier alpha value is -4.31. The molecule has 0 radical (unpaired) electrons. The molecule has 5 unspecified atom stereocenters. The van der Waals surface area contributed by atoms with Crippen LogP contribution in [0.1, 0.15) is 24.7 Å². The average Bonchev–Trinajstić information content (AvgIpc) is 3.49.